The Balaban J connectivity index is 1.73. The molecule has 24 heavy (non-hydrogen) atoms. The van der Waals surface area contributed by atoms with Crippen LogP contribution in [0.1, 0.15) is 24.4 Å². The molecule has 0 fully saturated rings. The molecule has 0 unspecified atom stereocenters. The average Bonchev–Trinajstić information content (AvgIpc) is 2.93. The summed E-state index contributed by atoms with van der Waals surface area (Å²) in [6.07, 6.45) is -1.41. The van der Waals surface area contributed by atoms with Crippen LogP contribution in [0.2, 0.25) is 0 Å². The highest BCUT2D eigenvalue weighted by atomic mass is 16.5. The molecule has 2 atom stereocenters. The molecular formula is C19H22N2O3. The Labute approximate surface area is 141 Å². The van der Waals surface area contributed by atoms with Crippen molar-refractivity contribution in [2.75, 3.05) is 6.61 Å². The molecule has 0 aliphatic carbocycles. The molecule has 0 aliphatic rings. The molecular weight excluding hydrogens is 304 g/mol. The molecule has 0 amide bonds. The van der Waals surface area contributed by atoms with Crippen molar-refractivity contribution in [1.82, 2.24) is 9.55 Å². The molecule has 0 radical (unpaired) electrons. The van der Waals surface area contributed by atoms with Crippen LogP contribution < -0.4 is 4.74 Å². The Morgan fingerprint density at radius 2 is 1.79 bits per heavy atom. The number of aromatic nitrogens is 2. The summed E-state index contributed by atoms with van der Waals surface area (Å²) < 4.78 is 7.49. The number of fused-ring (bicyclic) bond motifs is 1. The van der Waals surface area contributed by atoms with Crippen molar-refractivity contribution >= 4 is 11.0 Å². The van der Waals surface area contributed by atoms with E-state index in [0.717, 1.165) is 22.3 Å². The van der Waals surface area contributed by atoms with Crippen molar-refractivity contribution in [3.8, 4) is 5.75 Å². The first-order valence-electron chi connectivity index (χ1n) is 8.05. The van der Waals surface area contributed by atoms with Crippen LogP contribution in [0, 0.1) is 6.92 Å². The van der Waals surface area contributed by atoms with E-state index in [9.17, 15) is 10.2 Å². The van der Waals surface area contributed by atoms with Crippen molar-refractivity contribution in [3.63, 3.8) is 0 Å². The van der Waals surface area contributed by atoms with E-state index in [-0.39, 0.29) is 6.61 Å². The molecule has 2 N–H and O–H groups in total. The Morgan fingerprint density at radius 3 is 2.50 bits per heavy atom. The van der Waals surface area contributed by atoms with Crippen LogP contribution in [-0.2, 0) is 6.54 Å². The van der Waals surface area contributed by atoms with Gasteiger partial charge in [0.15, 0.2) is 0 Å². The molecule has 0 saturated heterocycles. The first kappa shape index (κ1) is 16.5. The SMILES string of the molecule is Cc1ccc(OC[C@@H](O)Cn2c([C@H](C)O)nc3ccccc32)cc1. The lowest BCUT2D eigenvalue weighted by Gasteiger charge is -2.16. The summed E-state index contributed by atoms with van der Waals surface area (Å²) in [5.41, 5.74) is 2.86. The van der Waals surface area contributed by atoms with Gasteiger partial charge in [-0.25, -0.2) is 4.98 Å². The van der Waals surface area contributed by atoms with Crippen molar-refractivity contribution in [2.24, 2.45) is 0 Å². The maximum atomic E-state index is 10.3. The van der Waals surface area contributed by atoms with Crippen LogP contribution in [0.25, 0.3) is 11.0 Å². The number of nitrogens with zero attached hydrogens (tertiary/aromatic N) is 2. The van der Waals surface area contributed by atoms with E-state index < -0.39 is 12.2 Å². The second-order valence-electron chi connectivity index (χ2n) is 6.02. The van der Waals surface area contributed by atoms with E-state index >= 15 is 0 Å². The molecule has 3 aromatic rings. The van der Waals surface area contributed by atoms with Gasteiger partial charge in [0, 0.05) is 0 Å². The second-order valence-corrected chi connectivity index (χ2v) is 6.02. The Morgan fingerprint density at radius 1 is 1.08 bits per heavy atom. The lowest BCUT2D eigenvalue weighted by Crippen LogP contribution is -2.25. The zero-order valence-corrected chi connectivity index (χ0v) is 13.9. The van der Waals surface area contributed by atoms with Crippen LogP contribution in [0.3, 0.4) is 0 Å². The van der Waals surface area contributed by atoms with E-state index in [0.29, 0.717) is 12.4 Å². The highest BCUT2D eigenvalue weighted by Crippen LogP contribution is 2.21. The van der Waals surface area contributed by atoms with Gasteiger partial charge in [0.2, 0.25) is 0 Å². The van der Waals surface area contributed by atoms with Crippen LogP contribution in [0.4, 0.5) is 0 Å². The number of para-hydroxylation sites is 2. The predicted octanol–water partition coefficient (Wildman–Crippen LogP) is 2.84. The number of hydrogen-bond acceptors (Lipinski definition) is 4. The molecule has 1 heterocycles. The fourth-order valence-corrected chi connectivity index (χ4v) is 2.70. The van der Waals surface area contributed by atoms with Gasteiger partial charge in [0.1, 0.15) is 30.4 Å². The number of aliphatic hydroxyl groups is 2. The molecule has 0 saturated carbocycles. The summed E-state index contributed by atoms with van der Waals surface area (Å²) >= 11 is 0. The number of ether oxygens (including phenoxy) is 1. The number of aliphatic hydroxyl groups excluding tert-OH is 2. The smallest absolute Gasteiger partial charge is 0.138 e. The number of imidazole rings is 1. The Kier molecular flexibility index (Phi) is 4.83. The van der Waals surface area contributed by atoms with Gasteiger partial charge >= 0.3 is 0 Å². The van der Waals surface area contributed by atoms with E-state index in [2.05, 4.69) is 4.98 Å². The standard InChI is InChI=1S/C19H22N2O3/c1-13-7-9-16(10-8-13)24-12-15(23)11-21-18-6-4-3-5-17(18)20-19(21)14(2)22/h3-10,14-15,22-23H,11-12H2,1-2H3/t14-,15-/m0/s1. The fourth-order valence-electron chi connectivity index (χ4n) is 2.70. The zero-order chi connectivity index (χ0) is 17.1. The molecule has 3 rings (SSSR count). The van der Waals surface area contributed by atoms with Crippen molar-refractivity contribution in [1.29, 1.82) is 0 Å². The third-order valence-electron chi connectivity index (χ3n) is 3.91. The Bertz CT molecular complexity index is 809. The highest BCUT2D eigenvalue weighted by molar-refractivity contribution is 5.76. The first-order valence-corrected chi connectivity index (χ1v) is 8.05. The predicted molar refractivity (Wildman–Crippen MR) is 93.0 cm³/mol. The molecule has 2 aromatic carbocycles. The molecule has 0 spiro atoms. The minimum Gasteiger partial charge on any atom is -0.491 e. The minimum absolute atomic E-state index is 0.175. The largest absolute Gasteiger partial charge is 0.491 e. The normalized spacial score (nSPS) is 13.8. The zero-order valence-electron chi connectivity index (χ0n) is 13.9. The molecule has 5 heteroatoms. The molecule has 1 aromatic heterocycles. The topological polar surface area (TPSA) is 67.5 Å². The Hall–Kier alpha value is -2.37. The van der Waals surface area contributed by atoms with E-state index in [1.807, 2.05) is 60.0 Å². The number of rotatable bonds is 6. The van der Waals surface area contributed by atoms with Crippen LogP contribution in [0.5, 0.6) is 5.75 Å². The summed E-state index contributed by atoms with van der Waals surface area (Å²) in [6, 6.07) is 15.4. The van der Waals surface area contributed by atoms with Gasteiger partial charge in [-0.15, -0.1) is 0 Å². The lowest BCUT2D eigenvalue weighted by atomic mass is 10.2. The van der Waals surface area contributed by atoms with E-state index in [1.165, 1.54) is 0 Å². The quantitative estimate of drug-likeness (QED) is 0.731. The number of benzene rings is 2. The van der Waals surface area contributed by atoms with Crippen molar-refractivity contribution in [2.45, 2.75) is 32.6 Å². The van der Waals surface area contributed by atoms with Gasteiger partial charge in [-0.1, -0.05) is 29.8 Å². The van der Waals surface area contributed by atoms with E-state index in [4.69, 9.17) is 4.74 Å². The summed E-state index contributed by atoms with van der Waals surface area (Å²) in [7, 11) is 0. The van der Waals surface area contributed by atoms with E-state index in [1.54, 1.807) is 6.92 Å². The van der Waals surface area contributed by atoms with Gasteiger partial charge in [0.25, 0.3) is 0 Å². The summed E-state index contributed by atoms with van der Waals surface area (Å²) in [6.45, 7) is 4.18. The van der Waals surface area contributed by atoms with Gasteiger partial charge in [-0.2, -0.15) is 0 Å². The van der Waals surface area contributed by atoms with Crippen LogP contribution in [0.15, 0.2) is 48.5 Å². The van der Waals surface area contributed by atoms with Crippen LogP contribution in [-0.4, -0.2) is 32.5 Å². The van der Waals surface area contributed by atoms with Gasteiger partial charge < -0.3 is 19.5 Å². The summed E-state index contributed by atoms with van der Waals surface area (Å²) in [5, 5.41) is 20.3. The molecule has 0 bridgehead atoms. The van der Waals surface area contributed by atoms with Crippen molar-refractivity contribution in [3.05, 3.63) is 59.9 Å². The van der Waals surface area contributed by atoms with Gasteiger partial charge in [-0.05, 0) is 38.1 Å². The van der Waals surface area contributed by atoms with Crippen molar-refractivity contribution < 1.29 is 14.9 Å². The number of aryl methyl sites for hydroxylation is 1. The molecule has 0 aliphatic heterocycles. The average molecular weight is 326 g/mol. The molecule has 126 valence electrons. The maximum absolute atomic E-state index is 10.3. The third-order valence-corrected chi connectivity index (χ3v) is 3.91. The molecule has 5 nitrogen and oxygen atoms in total. The lowest BCUT2D eigenvalue weighted by molar-refractivity contribution is 0.0895. The second kappa shape index (κ2) is 7.03. The van der Waals surface area contributed by atoms with Gasteiger partial charge in [0.05, 0.1) is 17.6 Å². The van der Waals surface area contributed by atoms with Gasteiger partial charge in [-0.3, -0.25) is 0 Å². The third kappa shape index (κ3) is 3.58. The van der Waals surface area contributed by atoms with Crippen LogP contribution >= 0.6 is 0 Å². The number of hydrogen-bond donors (Lipinski definition) is 2. The minimum atomic E-state index is -0.707. The first-order chi connectivity index (χ1) is 11.5. The summed E-state index contributed by atoms with van der Waals surface area (Å²) in [5.74, 6) is 1.27. The monoisotopic (exact) mass is 326 g/mol. The highest BCUT2D eigenvalue weighted by Gasteiger charge is 2.17. The fraction of sp³-hybridized carbons (Fsp3) is 0.316. The maximum Gasteiger partial charge on any atom is 0.138 e. The summed E-state index contributed by atoms with van der Waals surface area (Å²) in [4.78, 5) is 4.45.